The summed E-state index contributed by atoms with van der Waals surface area (Å²) in [5, 5.41) is 6.84. The largest absolute Gasteiger partial charge is 0.321 e. The molecule has 1 aliphatic carbocycles. The minimum absolute atomic E-state index is 0.0300. The molecule has 0 aliphatic heterocycles. The molecule has 3 N–H and O–H groups in total. The van der Waals surface area contributed by atoms with Gasteiger partial charge in [0, 0.05) is 0 Å². The average molecular weight is 166 g/mol. The van der Waals surface area contributed by atoms with Crippen LogP contribution in [0.4, 0.5) is 0 Å². The molecule has 1 fully saturated rings. The zero-order valence-corrected chi connectivity index (χ0v) is 7.25. The fourth-order valence-electron chi connectivity index (χ4n) is 1.34. The summed E-state index contributed by atoms with van der Waals surface area (Å²) in [6.45, 7) is 1.89. The fourth-order valence-corrected chi connectivity index (χ4v) is 1.34. The number of H-pyrrole nitrogens is 1. The van der Waals surface area contributed by atoms with Crippen molar-refractivity contribution in [3.8, 4) is 0 Å². The number of nitrogens with two attached hydrogens (primary N) is 1. The van der Waals surface area contributed by atoms with Gasteiger partial charge in [-0.3, -0.25) is 5.10 Å². The van der Waals surface area contributed by atoms with Crippen LogP contribution >= 0.6 is 0 Å². The minimum atomic E-state index is 0.0300. The van der Waals surface area contributed by atoms with Crippen LogP contribution < -0.4 is 5.73 Å². The van der Waals surface area contributed by atoms with Crippen molar-refractivity contribution in [1.29, 1.82) is 0 Å². The summed E-state index contributed by atoms with van der Waals surface area (Å²) in [4.78, 5) is 4.20. The summed E-state index contributed by atoms with van der Waals surface area (Å²) >= 11 is 0. The summed E-state index contributed by atoms with van der Waals surface area (Å²) in [6, 6.07) is 0.0300. The number of rotatable bonds is 3. The minimum Gasteiger partial charge on any atom is -0.321 e. The number of aromatic nitrogens is 3. The molecule has 0 amide bonds. The summed E-state index contributed by atoms with van der Waals surface area (Å²) in [5.74, 6) is 2.44. The first-order valence-corrected chi connectivity index (χ1v) is 4.40. The molecule has 4 nitrogen and oxygen atoms in total. The number of nitrogens with one attached hydrogen (secondary N) is 1. The molecule has 0 aromatic carbocycles. The Bertz CT molecular complexity index is 264. The molecule has 0 saturated heterocycles. The molecule has 1 aromatic heterocycles. The lowest BCUT2D eigenvalue weighted by molar-refractivity contribution is 0.569. The molecule has 1 aliphatic rings. The van der Waals surface area contributed by atoms with E-state index in [9.17, 15) is 0 Å². The van der Waals surface area contributed by atoms with E-state index in [2.05, 4.69) is 15.2 Å². The monoisotopic (exact) mass is 166 g/mol. The molecule has 2 rings (SSSR count). The Labute approximate surface area is 71.6 Å². The zero-order chi connectivity index (χ0) is 8.55. The first-order valence-electron chi connectivity index (χ1n) is 4.40. The molecule has 1 heterocycles. The second kappa shape index (κ2) is 2.86. The van der Waals surface area contributed by atoms with Crippen LogP contribution in [0.5, 0.6) is 0 Å². The molecule has 0 bridgehead atoms. The third-order valence-electron chi connectivity index (χ3n) is 2.23. The smallest absolute Gasteiger partial charge is 0.167 e. The van der Waals surface area contributed by atoms with Gasteiger partial charge >= 0.3 is 0 Å². The van der Waals surface area contributed by atoms with Gasteiger partial charge in [-0.25, -0.2) is 4.98 Å². The molecule has 1 atom stereocenters. The molecule has 1 saturated carbocycles. The topological polar surface area (TPSA) is 67.6 Å². The van der Waals surface area contributed by atoms with Gasteiger partial charge in [-0.1, -0.05) is 12.8 Å². The van der Waals surface area contributed by atoms with E-state index in [1.807, 2.05) is 6.92 Å². The summed E-state index contributed by atoms with van der Waals surface area (Å²) in [6.07, 6.45) is 3.70. The van der Waals surface area contributed by atoms with Crippen LogP contribution in [0.3, 0.4) is 0 Å². The Morgan fingerprint density at radius 1 is 1.67 bits per heavy atom. The van der Waals surface area contributed by atoms with Gasteiger partial charge in [-0.2, -0.15) is 5.10 Å². The lowest BCUT2D eigenvalue weighted by Gasteiger charge is -2.04. The molecule has 66 valence electrons. The number of hydrogen-bond acceptors (Lipinski definition) is 3. The van der Waals surface area contributed by atoms with E-state index in [4.69, 9.17) is 5.73 Å². The van der Waals surface area contributed by atoms with Crippen LogP contribution in [0.2, 0.25) is 0 Å². The summed E-state index contributed by atoms with van der Waals surface area (Å²) in [7, 11) is 0. The van der Waals surface area contributed by atoms with Gasteiger partial charge in [0.05, 0.1) is 6.04 Å². The number of hydrogen-bond donors (Lipinski definition) is 2. The molecule has 0 spiro atoms. The highest BCUT2D eigenvalue weighted by atomic mass is 15.2. The molecule has 4 heteroatoms. The molecule has 1 aromatic rings. The quantitative estimate of drug-likeness (QED) is 0.701. The van der Waals surface area contributed by atoms with Crippen molar-refractivity contribution in [2.75, 3.05) is 0 Å². The van der Waals surface area contributed by atoms with Crippen LogP contribution in [-0.2, 0) is 0 Å². The highest BCUT2D eigenvalue weighted by Gasteiger charge is 2.25. The number of aryl methyl sites for hydroxylation is 1. The van der Waals surface area contributed by atoms with Crippen molar-refractivity contribution in [1.82, 2.24) is 15.2 Å². The maximum Gasteiger partial charge on any atom is 0.167 e. The fraction of sp³-hybridized carbons (Fsp3) is 0.750. The number of nitrogens with zero attached hydrogens (tertiary/aromatic N) is 2. The van der Waals surface area contributed by atoms with E-state index in [0.717, 1.165) is 24.0 Å². The van der Waals surface area contributed by atoms with Crippen molar-refractivity contribution >= 4 is 0 Å². The summed E-state index contributed by atoms with van der Waals surface area (Å²) in [5.41, 5.74) is 5.90. The Hall–Kier alpha value is -0.900. The third-order valence-corrected chi connectivity index (χ3v) is 2.23. The van der Waals surface area contributed by atoms with Gasteiger partial charge in [-0.15, -0.1) is 0 Å². The maximum atomic E-state index is 5.90. The predicted molar refractivity (Wildman–Crippen MR) is 45.4 cm³/mol. The Balaban J connectivity index is 1.97. The Morgan fingerprint density at radius 3 is 2.92 bits per heavy atom. The van der Waals surface area contributed by atoms with Gasteiger partial charge in [0.15, 0.2) is 5.82 Å². The maximum absolute atomic E-state index is 5.90. The lowest BCUT2D eigenvalue weighted by atomic mass is 10.1. The molecule has 1 unspecified atom stereocenters. The van der Waals surface area contributed by atoms with Crippen molar-refractivity contribution in [3.63, 3.8) is 0 Å². The predicted octanol–water partition coefficient (Wildman–Crippen LogP) is 0.913. The highest BCUT2D eigenvalue weighted by molar-refractivity contribution is 4.96. The van der Waals surface area contributed by atoms with Crippen LogP contribution in [0.15, 0.2) is 0 Å². The van der Waals surface area contributed by atoms with Crippen molar-refractivity contribution in [2.45, 2.75) is 32.2 Å². The van der Waals surface area contributed by atoms with E-state index >= 15 is 0 Å². The van der Waals surface area contributed by atoms with E-state index in [0.29, 0.717) is 0 Å². The normalized spacial score (nSPS) is 19.5. The van der Waals surface area contributed by atoms with Gasteiger partial charge in [0.2, 0.25) is 0 Å². The lowest BCUT2D eigenvalue weighted by Crippen LogP contribution is -2.12. The molecule has 12 heavy (non-hydrogen) atoms. The van der Waals surface area contributed by atoms with Crippen LogP contribution in [0.25, 0.3) is 0 Å². The SMILES string of the molecule is Cc1nc(C(N)CC2CC2)n[nH]1. The molecular formula is C8H14N4. The van der Waals surface area contributed by atoms with Gasteiger partial charge in [0.25, 0.3) is 0 Å². The van der Waals surface area contributed by atoms with E-state index in [-0.39, 0.29) is 6.04 Å². The van der Waals surface area contributed by atoms with Gasteiger partial charge < -0.3 is 5.73 Å². The van der Waals surface area contributed by atoms with E-state index in [1.54, 1.807) is 0 Å². The second-order valence-electron chi connectivity index (χ2n) is 3.56. The molecule has 0 radical (unpaired) electrons. The standard InChI is InChI=1S/C8H14N4/c1-5-10-8(12-11-5)7(9)4-6-2-3-6/h6-7H,2-4,9H2,1H3,(H,10,11,12). The van der Waals surface area contributed by atoms with Gasteiger partial charge in [-0.05, 0) is 19.3 Å². The van der Waals surface area contributed by atoms with Crippen LogP contribution in [-0.4, -0.2) is 15.2 Å². The summed E-state index contributed by atoms with van der Waals surface area (Å²) < 4.78 is 0. The third kappa shape index (κ3) is 1.64. The van der Waals surface area contributed by atoms with E-state index in [1.165, 1.54) is 12.8 Å². The second-order valence-corrected chi connectivity index (χ2v) is 3.56. The first kappa shape index (κ1) is 7.73. The first-order chi connectivity index (χ1) is 5.75. The average Bonchev–Trinajstić information content (AvgIpc) is 2.72. The van der Waals surface area contributed by atoms with Crippen molar-refractivity contribution < 1.29 is 0 Å². The number of aromatic amines is 1. The van der Waals surface area contributed by atoms with Gasteiger partial charge in [0.1, 0.15) is 5.82 Å². The highest BCUT2D eigenvalue weighted by Crippen LogP contribution is 2.35. The Morgan fingerprint density at radius 2 is 2.42 bits per heavy atom. The van der Waals surface area contributed by atoms with Crippen LogP contribution in [0.1, 0.15) is 37.0 Å². The molecular weight excluding hydrogens is 152 g/mol. The van der Waals surface area contributed by atoms with E-state index < -0.39 is 0 Å². The Kier molecular flexibility index (Phi) is 1.84. The van der Waals surface area contributed by atoms with Crippen molar-refractivity contribution in [3.05, 3.63) is 11.6 Å². The zero-order valence-electron chi connectivity index (χ0n) is 7.25. The van der Waals surface area contributed by atoms with Crippen LogP contribution in [0, 0.1) is 12.8 Å². The van der Waals surface area contributed by atoms with Crippen molar-refractivity contribution in [2.24, 2.45) is 11.7 Å².